The Bertz CT molecular complexity index is 949. The Morgan fingerprint density at radius 2 is 2.22 bits per heavy atom. The lowest BCUT2D eigenvalue weighted by Gasteiger charge is -2.33. The first-order chi connectivity index (χ1) is 13.2. The maximum absolute atomic E-state index is 12.6. The van der Waals surface area contributed by atoms with Gasteiger partial charge in [0, 0.05) is 44.5 Å². The first kappa shape index (κ1) is 17.7. The van der Waals surface area contributed by atoms with Crippen LogP contribution in [0.25, 0.3) is 10.6 Å². The second kappa shape index (κ2) is 7.87. The monoisotopic (exact) mass is 383 g/mol. The Morgan fingerprint density at radius 3 is 3.00 bits per heavy atom. The number of aryl methyl sites for hydroxylation is 1. The van der Waals surface area contributed by atoms with Gasteiger partial charge in [-0.15, -0.1) is 11.3 Å². The molecule has 1 unspecified atom stereocenters. The summed E-state index contributed by atoms with van der Waals surface area (Å²) in [5.41, 5.74) is 0.682. The first-order valence-electron chi connectivity index (χ1n) is 9.08. The van der Waals surface area contributed by atoms with Crippen molar-refractivity contribution in [3.8, 4) is 10.6 Å². The second-order valence-electron chi connectivity index (χ2n) is 6.66. The number of thiophene rings is 1. The average molecular weight is 383 g/mol. The number of carbonyl (C=O) groups excluding carboxylic acids is 1. The fraction of sp³-hybridized carbons (Fsp3) is 0.368. The first-order valence-corrected chi connectivity index (χ1v) is 9.96. The molecule has 27 heavy (non-hydrogen) atoms. The molecule has 140 valence electrons. The molecule has 1 fully saturated rings. The Hall–Kier alpha value is -2.74. The number of aromatic nitrogens is 4. The number of amides is 1. The van der Waals surface area contributed by atoms with E-state index in [2.05, 4.69) is 10.1 Å². The highest BCUT2D eigenvalue weighted by atomic mass is 32.1. The van der Waals surface area contributed by atoms with Crippen LogP contribution in [-0.2, 0) is 11.3 Å². The fourth-order valence-electron chi connectivity index (χ4n) is 3.43. The molecule has 8 heteroatoms. The summed E-state index contributed by atoms with van der Waals surface area (Å²) in [5, 5.41) is 6.58. The zero-order valence-corrected chi connectivity index (χ0v) is 15.7. The van der Waals surface area contributed by atoms with Crippen molar-refractivity contribution in [3.05, 3.63) is 58.7 Å². The SMILES string of the molecule is O=C(CCn1ccnc1)N1CCCC(n2nc(-c3cccs3)ccc2=O)C1. The summed E-state index contributed by atoms with van der Waals surface area (Å²) < 4.78 is 3.46. The van der Waals surface area contributed by atoms with Crippen LogP contribution in [0.5, 0.6) is 0 Å². The summed E-state index contributed by atoms with van der Waals surface area (Å²) in [6, 6.07) is 7.22. The van der Waals surface area contributed by atoms with Crippen LogP contribution in [0.1, 0.15) is 25.3 Å². The zero-order chi connectivity index (χ0) is 18.6. The minimum absolute atomic E-state index is 0.0802. The van der Waals surface area contributed by atoms with E-state index in [0.29, 0.717) is 19.5 Å². The van der Waals surface area contributed by atoms with E-state index in [-0.39, 0.29) is 17.5 Å². The molecule has 7 nitrogen and oxygen atoms in total. The van der Waals surface area contributed by atoms with E-state index in [1.807, 2.05) is 33.2 Å². The molecule has 1 atom stereocenters. The molecular formula is C19H21N5O2S. The Morgan fingerprint density at radius 1 is 1.30 bits per heavy atom. The third-order valence-corrected chi connectivity index (χ3v) is 5.73. The van der Waals surface area contributed by atoms with Crippen LogP contribution in [-0.4, -0.2) is 43.2 Å². The van der Waals surface area contributed by atoms with Gasteiger partial charge in [0.1, 0.15) is 5.69 Å². The molecule has 1 saturated heterocycles. The molecule has 4 heterocycles. The topological polar surface area (TPSA) is 73.0 Å². The molecule has 1 amide bonds. The van der Waals surface area contributed by atoms with Crippen LogP contribution in [0.15, 0.2) is 53.2 Å². The molecule has 0 N–H and O–H groups in total. The van der Waals surface area contributed by atoms with Gasteiger partial charge in [0.2, 0.25) is 5.91 Å². The lowest BCUT2D eigenvalue weighted by molar-refractivity contribution is -0.133. The van der Waals surface area contributed by atoms with Crippen molar-refractivity contribution >= 4 is 17.2 Å². The van der Waals surface area contributed by atoms with Crippen molar-refractivity contribution < 1.29 is 4.79 Å². The molecular weight excluding hydrogens is 362 g/mol. The summed E-state index contributed by atoms with van der Waals surface area (Å²) in [6.45, 7) is 1.88. The van der Waals surface area contributed by atoms with Gasteiger partial charge in [-0.1, -0.05) is 6.07 Å². The maximum atomic E-state index is 12.6. The maximum Gasteiger partial charge on any atom is 0.267 e. The summed E-state index contributed by atoms with van der Waals surface area (Å²) in [6.07, 6.45) is 7.43. The number of imidazole rings is 1. The molecule has 0 saturated carbocycles. The fourth-order valence-corrected chi connectivity index (χ4v) is 4.12. The average Bonchev–Trinajstić information content (AvgIpc) is 3.40. The predicted molar refractivity (Wildman–Crippen MR) is 104 cm³/mol. The summed E-state index contributed by atoms with van der Waals surface area (Å²) >= 11 is 1.60. The molecule has 0 aromatic carbocycles. The molecule has 1 aliphatic rings. The molecule has 0 radical (unpaired) electrons. The lowest BCUT2D eigenvalue weighted by atomic mass is 10.1. The van der Waals surface area contributed by atoms with Crippen molar-refractivity contribution in [2.24, 2.45) is 0 Å². The van der Waals surface area contributed by atoms with Gasteiger partial charge in [-0.05, 0) is 30.4 Å². The number of piperidine rings is 1. The number of nitrogens with zero attached hydrogens (tertiary/aromatic N) is 5. The van der Waals surface area contributed by atoms with Crippen LogP contribution < -0.4 is 5.56 Å². The summed E-state index contributed by atoms with van der Waals surface area (Å²) in [5.74, 6) is 0.107. The smallest absolute Gasteiger partial charge is 0.267 e. The minimum atomic E-state index is -0.118. The number of likely N-dealkylation sites (tertiary alicyclic amines) is 1. The standard InChI is InChI=1S/C19H21N5O2S/c25-18(7-10-22-11-8-20-14-22)23-9-1-3-15(13-23)24-19(26)6-5-16(21-24)17-4-2-12-27-17/h2,4-6,8,11-12,14-15H,1,3,7,9-10,13H2. The van der Waals surface area contributed by atoms with E-state index in [9.17, 15) is 9.59 Å². The van der Waals surface area contributed by atoms with E-state index in [4.69, 9.17) is 0 Å². The van der Waals surface area contributed by atoms with E-state index >= 15 is 0 Å². The molecule has 0 aliphatic carbocycles. The summed E-state index contributed by atoms with van der Waals surface area (Å²) in [7, 11) is 0. The van der Waals surface area contributed by atoms with Crippen LogP contribution in [0.2, 0.25) is 0 Å². The highest BCUT2D eigenvalue weighted by Crippen LogP contribution is 2.24. The zero-order valence-electron chi connectivity index (χ0n) is 14.9. The van der Waals surface area contributed by atoms with E-state index in [1.54, 1.807) is 40.7 Å². The van der Waals surface area contributed by atoms with E-state index < -0.39 is 0 Å². The largest absolute Gasteiger partial charge is 0.340 e. The van der Waals surface area contributed by atoms with Crippen LogP contribution >= 0.6 is 11.3 Å². The Balaban J connectivity index is 1.47. The molecule has 0 spiro atoms. The van der Waals surface area contributed by atoms with Gasteiger partial charge in [-0.25, -0.2) is 9.67 Å². The molecule has 0 bridgehead atoms. The predicted octanol–water partition coefficient (Wildman–Crippen LogP) is 2.42. The molecule has 4 rings (SSSR count). The van der Waals surface area contributed by atoms with Gasteiger partial charge >= 0.3 is 0 Å². The van der Waals surface area contributed by atoms with Crippen molar-refractivity contribution in [3.63, 3.8) is 0 Å². The van der Waals surface area contributed by atoms with Gasteiger partial charge in [0.05, 0.1) is 17.2 Å². The molecule has 1 aliphatic heterocycles. The van der Waals surface area contributed by atoms with Crippen LogP contribution in [0, 0.1) is 0 Å². The van der Waals surface area contributed by atoms with Gasteiger partial charge in [0.25, 0.3) is 5.56 Å². The van der Waals surface area contributed by atoms with E-state index in [1.165, 1.54) is 0 Å². The Labute approximate surface area is 160 Å². The number of hydrogen-bond donors (Lipinski definition) is 0. The highest BCUT2D eigenvalue weighted by molar-refractivity contribution is 7.13. The third-order valence-electron chi connectivity index (χ3n) is 4.84. The number of rotatable bonds is 5. The number of carbonyl (C=O) groups is 1. The van der Waals surface area contributed by atoms with Crippen LogP contribution in [0.3, 0.4) is 0 Å². The quantitative estimate of drug-likeness (QED) is 0.678. The third kappa shape index (κ3) is 4.00. The van der Waals surface area contributed by atoms with Gasteiger partial charge in [-0.2, -0.15) is 5.10 Å². The van der Waals surface area contributed by atoms with Gasteiger partial charge in [0.15, 0.2) is 0 Å². The normalized spacial score (nSPS) is 17.2. The second-order valence-corrected chi connectivity index (χ2v) is 7.61. The van der Waals surface area contributed by atoms with Crippen molar-refractivity contribution in [2.75, 3.05) is 13.1 Å². The minimum Gasteiger partial charge on any atom is -0.340 e. The van der Waals surface area contributed by atoms with Crippen molar-refractivity contribution in [1.82, 2.24) is 24.2 Å². The number of hydrogen-bond acceptors (Lipinski definition) is 5. The van der Waals surface area contributed by atoms with Gasteiger partial charge in [-0.3, -0.25) is 9.59 Å². The highest BCUT2D eigenvalue weighted by Gasteiger charge is 2.26. The Kier molecular flexibility index (Phi) is 5.15. The van der Waals surface area contributed by atoms with Gasteiger partial charge < -0.3 is 9.47 Å². The lowest BCUT2D eigenvalue weighted by Crippen LogP contribution is -2.43. The molecule has 3 aromatic heterocycles. The van der Waals surface area contributed by atoms with Crippen molar-refractivity contribution in [1.29, 1.82) is 0 Å². The van der Waals surface area contributed by atoms with Crippen LogP contribution in [0.4, 0.5) is 0 Å². The summed E-state index contributed by atoms with van der Waals surface area (Å²) in [4.78, 5) is 31.9. The van der Waals surface area contributed by atoms with Crippen molar-refractivity contribution in [2.45, 2.75) is 31.8 Å². The van der Waals surface area contributed by atoms with E-state index in [0.717, 1.165) is 30.0 Å². The molecule has 3 aromatic rings.